The fourth-order valence-electron chi connectivity index (χ4n) is 2.30. The van der Waals surface area contributed by atoms with Gasteiger partial charge in [0.25, 0.3) is 0 Å². The summed E-state index contributed by atoms with van der Waals surface area (Å²) in [6.45, 7) is 0.498. The number of carbonyl (C=O) groups is 2. The lowest BCUT2D eigenvalue weighted by molar-refractivity contribution is -0.118. The summed E-state index contributed by atoms with van der Waals surface area (Å²) in [4.78, 5) is 26.2. The minimum atomic E-state index is -0.356. The molecule has 0 N–H and O–H groups in total. The predicted octanol–water partition coefficient (Wildman–Crippen LogP) is 1.79. The first-order valence-electron chi connectivity index (χ1n) is 6.20. The van der Waals surface area contributed by atoms with Gasteiger partial charge >= 0.3 is 6.09 Å². The van der Waals surface area contributed by atoms with Crippen LogP contribution in [0.2, 0.25) is 0 Å². The van der Waals surface area contributed by atoms with Crippen molar-refractivity contribution in [3.63, 3.8) is 0 Å². The third kappa shape index (κ3) is 2.70. The van der Waals surface area contributed by atoms with E-state index < -0.39 is 0 Å². The number of hydrogen-bond acceptors (Lipinski definition) is 3. The van der Waals surface area contributed by atoms with Crippen molar-refractivity contribution < 1.29 is 14.3 Å². The standard InChI is InChI=1S/C14H18N2O3/c1-15(14(18)19-3)9-10-4-6-12-11(8-10)5-7-13(17)16(12)2/h4,6,8H,5,7,9H2,1-3H3. The zero-order chi connectivity index (χ0) is 14.0. The molecule has 1 aromatic rings. The number of carbonyl (C=O) groups excluding carboxylic acids is 2. The minimum Gasteiger partial charge on any atom is -0.453 e. The molecule has 0 radical (unpaired) electrons. The molecule has 1 heterocycles. The van der Waals surface area contributed by atoms with E-state index in [2.05, 4.69) is 10.8 Å². The largest absolute Gasteiger partial charge is 0.453 e. The zero-order valence-corrected chi connectivity index (χ0v) is 11.5. The van der Waals surface area contributed by atoms with Crippen LogP contribution in [0.1, 0.15) is 17.5 Å². The van der Waals surface area contributed by atoms with Crippen molar-refractivity contribution in [1.82, 2.24) is 4.90 Å². The highest BCUT2D eigenvalue weighted by molar-refractivity contribution is 5.95. The van der Waals surface area contributed by atoms with Crippen LogP contribution in [-0.4, -0.2) is 38.1 Å². The van der Waals surface area contributed by atoms with Crippen LogP contribution in [0.5, 0.6) is 0 Å². The maximum atomic E-state index is 11.6. The van der Waals surface area contributed by atoms with Gasteiger partial charge in [-0.25, -0.2) is 4.79 Å². The number of hydrogen-bond donors (Lipinski definition) is 0. The molecule has 0 unspecified atom stereocenters. The van der Waals surface area contributed by atoms with Gasteiger partial charge in [0.05, 0.1) is 7.11 Å². The van der Waals surface area contributed by atoms with Gasteiger partial charge < -0.3 is 14.5 Å². The predicted molar refractivity (Wildman–Crippen MR) is 72.0 cm³/mol. The summed E-state index contributed by atoms with van der Waals surface area (Å²) in [6, 6.07) is 5.93. The summed E-state index contributed by atoms with van der Waals surface area (Å²) in [6.07, 6.45) is 0.943. The Morgan fingerprint density at radius 3 is 2.84 bits per heavy atom. The van der Waals surface area contributed by atoms with Gasteiger partial charge in [-0.3, -0.25) is 4.79 Å². The van der Waals surface area contributed by atoms with Crippen LogP contribution in [0.4, 0.5) is 10.5 Å². The van der Waals surface area contributed by atoms with Crippen molar-refractivity contribution in [1.29, 1.82) is 0 Å². The molecule has 5 nitrogen and oxygen atoms in total. The van der Waals surface area contributed by atoms with E-state index in [1.54, 1.807) is 19.0 Å². The maximum Gasteiger partial charge on any atom is 0.409 e. The van der Waals surface area contributed by atoms with Crippen LogP contribution in [0, 0.1) is 0 Å². The first kappa shape index (κ1) is 13.4. The third-order valence-electron chi connectivity index (χ3n) is 3.39. The highest BCUT2D eigenvalue weighted by Crippen LogP contribution is 2.27. The number of fused-ring (bicyclic) bond motifs is 1. The summed E-state index contributed by atoms with van der Waals surface area (Å²) in [7, 11) is 4.85. The Morgan fingerprint density at radius 2 is 2.16 bits per heavy atom. The summed E-state index contributed by atoms with van der Waals surface area (Å²) in [5, 5.41) is 0. The molecule has 0 fully saturated rings. The molecule has 2 amide bonds. The third-order valence-corrected chi connectivity index (χ3v) is 3.39. The van der Waals surface area contributed by atoms with Gasteiger partial charge in [0.2, 0.25) is 5.91 Å². The molecule has 1 aliphatic heterocycles. The topological polar surface area (TPSA) is 49.9 Å². The molecule has 1 aromatic carbocycles. The zero-order valence-electron chi connectivity index (χ0n) is 11.5. The molecule has 19 heavy (non-hydrogen) atoms. The minimum absolute atomic E-state index is 0.145. The van der Waals surface area contributed by atoms with E-state index in [1.165, 1.54) is 12.0 Å². The average Bonchev–Trinajstić information content (AvgIpc) is 2.42. The van der Waals surface area contributed by atoms with E-state index in [0.717, 1.165) is 23.2 Å². The van der Waals surface area contributed by atoms with Crippen molar-refractivity contribution in [3.05, 3.63) is 29.3 Å². The first-order chi connectivity index (χ1) is 9.02. The monoisotopic (exact) mass is 262 g/mol. The summed E-state index contributed by atoms with van der Waals surface area (Å²) >= 11 is 0. The van der Waals surface area contributed by atoms with Gasteiger partial charge in [-0.15, -0.1) is 0 Å². The molecule has 0 saturated heterocycles. The van der Waals surface area contributed by atoms with Gasteiger partial charge in [-0.05, 0) is 23.6 Å². The molecule has 0 aliphatic carbocycles. The molecule has 1 aliphatic rings. The van der Waals surface area contributed by atoms with Gasteiger partial charge in [0.15, 0.2) is 0 Å². The van der Waals surface area contributed by atoms with E-state index in [4.69, 9.17) is 0 Å². The fourth-order valence-corrected chi connectivity index (χ4v) is 2.30. The molecule has 0 bridgehead atoms. The number of anilines is 1. The summed E-state index contributed by atoms with van der Waals surface area (Å²) < 4.78 is 4.66. The normalized spacial score (nSPS) is 14.1. The van der Waals surface area contributed by atoms with Crippen LogP contribution in [-0.2, 0) is 22.5 Å². The highest BCUT2D eigenvalue weighted by Gasteiger charge is 2.21. The SMILES string of the molecule is COC(=O)N(C)Cc1ccc2c(c1)CCC(=O)N2C. The fraction of sp³-hybridized carbons (Fsp3) is 0.429. The number of methoxy groups -OCH3 is 1. The van der Waals surface area contributed by atoms with E-state index in [9.17, 15) is 9.59 Å². The Bertz CT molecular complexity index is 513. The van der Waals surface area contributed by atoms with E-state index in [0.29, 0.717) is 13.0 Å². The van der Waals surface area contributed by atoms with E-state index in [1.807, 2.05) is 12.1 Å². The van der Waals surface area contributed by atoms with Crippen LogP contribution in [0.3, 0.4) is 0 Å². The maximum absolute atomic E-state index is 11.6. The molecule has 0 aromatic heterocycles. The molecule has 0 atom stereocenters. The van der Waals surface area contributed by atoms with Gasteiger partial charge in [0.1, 0.15) is 0 Å². The molecule has 2 rings (SSSR count). The number of benzene rings is 1. The van der Waals surface area contributed by atoms with Crippen LogP contribution < -0.4 is 4.90 Å². The smallest absolute Gasteiger partial charge is 0.409 e. The lowest BCUT2D eigenvalue weighted by Gasteiger charge is -2.26. The van der Waals surface area contributed by atoms with Crippen LogP contribution >= 0.6 is 0 Å². The first-order valence-corrected chi connectivity index (χ1v) is 6.20. The van der Waals surface area contributed by atoms with Gasteiger partial charge in [-0.2, -0.15) is 0 Å². The number of ether oxygens (including phenoxy) is 1. The lowest BCUT2D eigenvalue weighted by Crippen LogP contribution is -2.31. The highest BCUT2D eigenvalue weighted by atomic mass is 16.5. The Kier molecular flexibility index (Phi) is 3.74. The van der Waals surface area contributed by atoms with Crippen molar-refractivity contribution >= 4 is 17.7 Å². The summed E-state index contributed by atoms with van der Waals surface area (Å²) in [5.41, 5.74) is 3.15. The van der Waals surface area contributed by atoms with E-state index >= 15 is 0 Å². The lowest BCUT2D eigenvalue weighted by atomic mass is 9.99. The van der Waals surface area contributed by atoms with Crippen molar-refractivity contribution in [2.75, 3.05) is 26.1 Å². The molecular weight excluding hydrogens is 244 g/mol. The molecule has 102 valence electrons. The number of rotatable bonds is 2. The van der Waals surface area contributed by atoms with Crippen molar-refractivity contribution in [2.45, 2.75) is 19.4 Å². The molecule has 0 spiro atoms. The Balaban J connectivity index is 2.18. The van der Waals surface area contributed by atoms with Crippen LogP contribution in [0.15, 0.2) is 18.2 Å². The average molecular weight is 262 g/mol. The second-order valence-electron chi connectivity index (χ2n) is 4.74. The molecular formula is C14H18N2O3. The number of amides is 2. The van der Waals surface area contributed by atoms with Gasteiger partial charge in [0, 0.05) is 32.7 Å². The van der Waals surface area contributed by atoms with Crippen molar-refractivity contribution in [2.24, 2.45) is 0 Å². The number of aryl methyl sites for hydroxylation is 1. The molecule has 0 saturated carbocycles. The quantitative estimate of drug-likeness (QED) is 0.816. The number of nitrogens with zero attached hydrogens (tertiary/aromatic N) is 2. The second kappa shape index (κ2) is 5.30. The van der Waals surface area contributed by atoms with Gasteiger partial charge in [-0.1, -0.05) is 12.1 Å². The van der Waals surface area contributed by atoms with Crippen LogP contribution in [0.25, 0.3) is 0 Å². The Hall–Kier alpha value is -2.04. The van der Waals surface area contributed by atoms with E-state index in [-0.39, 0.29) is 12.0 Å². The summed E-state index contributed by atoms with van der Waals surface area (Å²) in [5.74, 6) is 0.145. The molecule has 5 heteroatoms. The second-order valence-corrected chi connectivity index (χ2v) is 4.74. The van der Waals surface area contributed by atoms with Crippen molar-refractivity contribution in [3.8, 4) is 0 Å². The Labute approximate surface area is 112 Å². The Morgan fingerprint density at radius 1 is 1.42 bits per heavy atom.